The minimum atomic E-state index is -0.999. The molecule has 0 aliphatic carbocycles. The lowest BCUT2D eigenvalue weighted by Crippen LogP contribution is -2.31. The molecule has 0 bridgehead atoms. The Bertz CT molecular complexity index is 440. The van der Waals surface area contributed by atoms with Gasteiger partial charge in [-0.1, -0.05) is 24.8 Å². The fourth-order valence-electron chi connectivity index (χ4n) is 1.48. The van der Waals surface area contributed by atoms with E-state index < -0.39 is 11.7 Å². The van der Waals surface area contributed by atoms with Crippen molar-refractivity contribution >= 4 is 5.91 Å². The van der Waals surface area contributed by atoms with E-state index in [1.807, 2.05) is 0 Å². The zero-order valence-corrected chi connectivity index (χ0v) is 10.0. The molecular weight excluding hydrogens is 236 g/mol. The first-order valence-electron chi connectivity index (χ1n) is 5.53. The molecule has 1 rings (SSSR count). The summed E-state index contributed by atoms with van der Waals surface area (Å²) in [5, 5.41) is 0. The number of nitrogens with zero attached hydrogens (tertiary/aromatic N) is 1. The maximum atomic E-state index is 12.9. The molecule has 0 saturated carbocycles. The van der Waals surface area contributed by atoms with Crippen LogP contribution in [0.3, 0.4) is 0 Å². The third kappa shape index (κ3) is 4.13. The molecule has 1 aromatic rings. The first kappa shape index (κ1) is 14.1. The molecule has 0 spiro atoms. The smallest absolute Gasteiger partial charge is 0.282 e. The maximum Gasteiger partial charge on any atom is 0.282 e. The molecule has 1 aromatic carbocycles. The lowest BCUT2D eigenvalue weighted by Gasteiger charge is -2.21. The van der Waals surface area contributed by atoms with E-state index in [0.29, 0.717) is 13.0 Å². The van der Waals surface area contributed by atoms with Gasteiger partial charge in [0.1, 0.15) is 5.82 Å². The molecular formula is C14H15F2NO. The van der Waals surface area contributed by atoms with E-state index >= 15 is 0 Å². The Morgan fingerprint density at radius 1 is 1.33 bits per heavy atom. The maximum absolute atomic E-state index is 12.9. The second-order valence-corrected chi connectivity index (χ2v) is 3.84. The number of benzene rings is 1. The van der Waals surface area contributed by atoms with Crippen LogP contribution in [0, 0.1) is 5.82 Å². The molecule has 0 N–H and O–H groups in total. The van der Waals surface area contributed by atoms with Gasteiger partial charge in [-0.2, -0.15) is 0 Å². The molecule has 0 aliphatic rings. The largest absolute Gasteiger partial charge is 0.332 e. The van der Waals surface area contributed by atoms with Gasteiger partial charge in [-0.3, -0.25) is 4.79 Å². The summed E-state index contributed by atoms with van der Waals surface area (Å²) >= 11 is 0. The summed E-state index contributed by atoms with van der Waals surface area (Å²) in [6.45, 7) is 7.12. The fraction of sp³-hybridized carbons (Fsp3) is 0.214. The molecule has 0 unspecified atom stereocenters. The van der Waals surface area contributed by atoms with Crippen molar-refractivity contribution in [2.24, 2.45) is 0 Å². The van der Waals surface area contributed by atoms with Crippen molar-refractivity contribution in [1.29, 1.82) is 0 Å². The molecule has 0 heterocycles. The summed E-state index contributed by atoms with van der Waals surface area (Å²) in [4.78, 5) is 12.9. The van der Waals surface area contributed by atoms with Gasteiger partial charge < -0.3 is 4.90 Å². The highest BCUT2D eigenvalue weighted by molar-refractivity contribution is 5.90. The Morgan fingerprint density at radius 2 is 1.94 bits per heavy atom. The van der Waals surface area contributed by atoms with Crippen molar-refractivity contribution < 1.29 is 13.6 Å². The van der Waals surface area contributed by atoms with Crippen molar-refractivity contribution in [3.8, 4) is 0 Å². The predicted octanol–water partition coefficient (Wildman–Crippen LogP) is 3.21. The minimum Gasteiger partial charge on any atom is -0.332 e. The Morgan fingerprint density at radius 3 is 2.44 bits per heavy atom. The lowest BCUT2D eigenvalue weighted by atomic mass is 10.2. The second kappa shape index (κ2) is 6.69. The van der Waals surface area contributed by atoms with Gasteiger partial charge in [-0.25, -0.2) is 8.78 Å². The summed E-state index contributed by atoms with van der Waals surface area (Å²) in [7, 11) is 0. The van der Waals surface area contributed by atoms with E-state index in [1.165, 1.54) is 17.0 Å². The van der Waals surface area contributed by atoms with Crippen molar-refractivity contribution in [3.63, 3.8) is 0 Å². The summed E-state index contributed by atoms with van der Waals surface area (Å²) in [5.41, 5.74) is 0.732. The summed E-state index contributed by atoms with van der Waals surface area (Å²) in [5.74, 6) is -2.10. The molecule has 0 saturated heterocycles. The van der Waals surface area contributed by atoms with Gasteiger partial charge in [-0.15, -0.1) is 6.58 Å². The quantitative estimate of drug-likeness (QED) is 0.561. The Hall–Kier alpha value is -1.97. The molecule has 4 heteroatoms. The van der Waals surface area contributed by atoms with E-state index in [2.05, 4.69) is 13.2 Å². The molecule has 0 atom stereocenters. The normalized spacial score (nSPS) is 9.89. The van der Waals surface area contributed by atoms with Crippen molar-refractivity contribution in [2.75, 3.05) is 6.54 Å². The standard InChI is InChI=1S/C14H15F2NO/c1-3-4-9-17(14(18)11(2)15)10-12-5-7-13(16)8-6-12/h3,5-8H,1-2,4,9-10H2. The molecule has 0 fully saturated rings. The van der Waals surface area contributed by atoms with Gasteiger partial charge in [0.2, 0.25) is 0 Å². The third-order valence-corrected chi connectivity index (χ3v) is 2.41. The van der Waals surface area contributed by atoms with E-state index in [1.54, 1.807) is 18.2 Å². The monoisotopic (exact) mass is 251 g/mol. The molecule has 2 nitrogen and oxygen atoms in total. The summed E-state index contributed by atoms with van der Waals surface area (Å²) in [6, 6.07) is 5.72. The van der Waals surface area contributed by atoms with E-state index in [9.17, 15) is 13.6 Å². The van der Waals surface area contributed by atoms with Crippen LogP contribution in [-0.4, -0.2) is 17.4 Å². The van der Waals surface area contributed by atoms with Crippen LogP contribution in [0.25, 0.3) is 0 Å². The van der Waals surface area contributed by atoms with Gasteiger partial charge in [0, 0.05) is 13.1 Å². The number of carbonyl (C=O) groups excluding carboxylic acids is 1. The van der Waals surface area contributed by atoms with Crippen LogP contribution in [-0.2, 0) is 11.3 Å². The average Bonchev–Trinajstić information content (AvgIpc) is 2.35. The number of hydrogen-bond donors (Lipinski definition) is 0. The van der Waals surface area contributed by atoms with Crippen LogP contribution < -0.4 is 0 Å². The summed E-state index contributed by atoms with van der Waals surface area (Å²) in [6.07, 6.45) is 2.20. The molecule has 0 radical (unpaired) electrons. The Balaban J connectivity index is 2.77. The van der Waals surface area contributed by atoms with E-state index in [-0.39, 0.29) is 12.4 Å². The van der Waals surface area contributed by atoms with Gasteiger partial charge in [0.15, 0.2) is 5.83 Å². The van der Waals surface area contributed by atoms with Gasteiger partial charge >= 0.3 is 0 Å². The predicted molar refractivity (Wildman–Crippen MR) is 66.9 cm³/mol. The number of rotatable bonds is 6. The second-order valence-electron chi connectivity index (χ2n) is 3.84. The SMILES string of the molecule is C=CCCN(Cc1ccc(F)cc1)C(=O)C(=C)F. The minimum absolute atomic E-state index is 0.218. The van der Waals surface area contributed by atoms with Gasteiger partial charge in [0.05, 0.1) is 0 Å². The Labute approximate surface area is 105 Å². The number of carbonyl (C=O) groups is 1. The van der Waals surface area contributed by atoms with Gasteiger partial charge in [-0.05, 0) is 24.1 Å². The number of amides is 1. The van der Waals surface area contributed by atoms with E-state index in [4.69, 9.17) is 0 Å². The topological polar surface area (TPSA) is 20.3 Å². The van der Waals surface area contributed by atoms with Crippen LogP contribution in [0.5, 0.6) is 0 Å². The number of hydrogen-bond acceptors (Lipinski definition) is 1. The van der Waals surface area contributed by atoms with Crippen LogP contribution in [0.4, 0.5) is 8.78 Å². The average molecular weight is 251 g/mol. The zero-order chi connectivity index (χ0) is 13.5. The first-order valence-corrected chi connectivity index (χ1v) is 5.53. The van der Waals surface area contributed by atoms with Crippen LogP contribution in [0.2, 0.25) is 0 Å². The van der Waals surface area contributed by atoms with Crippen LogP contribution in [0.1, 0.15) is 12.0 Å². The lowest BCUT2D eigenvalue weighted by molar-refractivity contribution is -0.129. The van der Waals surface area contributed by atoms with Crippen molar-refractivity contribution in [3.05, 3.63) is 60.7 Å². The van der Waals surface area contributed by atoms with Gasteiger partial charge in [0.25, 0.3) is 5.91 Å². The molecule has 18 heavy (non-hydrogen) atoms. The first-order chi connectivity index (χ1) is 8.54. The molecule has 96 valence electrons. The van der Waals surface area contributed by atoms with Crippen LogP contribution >= 0.6 is 0 Å². The highest BCUT2D eigenvalue weighted by Crippen LogP contribution is 2.10. The highest BCUT2D eigenvalue weighted by Gasteiger charge is 2.16. The Kier molecular flexibility index (Phi) is 5.24. The molecule has 1 amide bonds. The van der Waals surface area contributed by atoms with E-state index in [0.717, 1.165) is 5.56 Å². The zero-order valence-electron chi connectivity index (χ0n) is 10.0. The van der Waals surface area contributed by atoms with Crippen molar-refractivity contribution in [1.82, 2.24) is 4.90 Å². The molecule has 0 aliphatic heterocycles. The van der Waals surface area contributed by atoms with Crippen LogP contribution in [0.15, 0.2) is 49.3 Å². The highest BCUT2D eigenvalue weighted by atomic mass is 19.1. The molecule has 0 aromatic heterocycles. The number of halogens is 2. The fourth-order valence-corrected chi connectivity index (χ4v) is 1.48. The third-order valence-electron chi connectivity index (χ3n) is 2.41. The summed E-state index contributed by atoms with van der Waals surface area (Å²) < 4.78 is 25.6. The van der Waals surface area contributed by atoms with Crippen molar-refractivity contribution in [2.45, 2.75) is 13.0 Å².